The van der Waals surface area contributed by atoms with Crippen molar-refractivity contribution in [2.75, 3.05) is 0 Å². The molecule has 5 aliphatic heterocycles. The molecule has 10 aromatic heterocycles. The van der Waals surface area contributed by atoms with Crippen LogP contribution in [-0.2, 0) is 73.7 Å². The number of aromatic nitrogens is 15. The van der Waals surface area contributed by atoms with E-state index in [1.807, 2.05) is 50.7 Å². The van der Waals surface area contributed by atoms with Crippen molar-refractivity contribution >= 4 is 0 Å². The topological polar surface area (TPSA) is 108 Å². The van der Waals surface area contributed by atoms with Gasteiger partial charge in [-0.15, -0.1) is 0 Å². The lowest BCUT2D eigenvalue weighted by Gasteiger charge is -2.21. The van der Waals surface area contributed by atoms with E-state index in [9.17, 15) is 0 Å². The first kappa shape index (κ1) is 80.6. The molecule has 1 fully saturated rings. The van der Waals surface area contributed by atoms with Crippen LogP contribution < -0.4 is 22.8 Å². The summed E-state index contributed by atoms with van der Waals surface area (Å²) < 4.78 is 62.8. The van der Waals surface area contributed by atoms with E-state index < -0.39 is 13.2 Å². The second-order valence-corrected chi connectivity index (χ2v) is 37.8. The van der Waals surface area contributed by atoms with Crippen molar-refractivity contribution in [3.8, 4) is 118 Å². The number of imidazole rings is 5. The lowest BCUT2D eigenvalue weighted by Crippen LogP contribution is -2.31. The zero-order chi connectivity index (χ0) is 96.3. The summed E-state index contributed by atoms with van der Waals surface area (Å²) in [6.07, 6.45) is 29.6. The summed E-state index contributed by atoms with van der Waals surface area (Å²) in [7, 11) is 10.3. The van der Waals surface area contributed by atoms with Crippen LogP contribution in [0.3, 0.4) is 0 Å². The Morgan fingerprint density at radius 2 is 0.586 bits per heavy atom. The third-order valence-corrected chi connectivity index (χ3v) is 27.7. The van der Waals surface area contributed by atoms with Crippen LogP contribution in [-0.4, -0.2) is 47.8 Å². The second-order valence-electron chi connectivity index (χ2n) is 37.8. The number of rotatable bonds is 10. The molecule has 0 atom stereocenters. The minimum Gasteiger partial charge on any atom is -0.303 e. The Kier molecular flexibility index (Phi) is 21.4. The highest BCUT2D eigenvalue weighted by atomic mass is 15.1. The largest absolute Gasteiger partial charge is 0.303 e. The SMILES string of the molecule is Cc1cn2c(n1)Cc1cc(C)c(-c3cc(-c4ccccc4)c(C)c[n+]3C)cc1-2.Cc1cn2c(n1)Cc1cc(C)c(-c3cc(-c4ccccc4)cc[n+]3C)cc1-2.Cc1cn2c(n1)Cc1cc(C)c(-c3cc(-c4ccccc4)cc[n+]3C)cc1-2.[2H]C([2H])([2H])c1c[n+](C)c(-c2cc3c(cc2C)Cc2nc(C)cn2-3)cc1C.[2H]C([2H])(c1cc[n+](C)c(-c2cc3c(cc2C)Cc2nc(C)cn2-3)c1)C1CCCCC1. The van der Waals surface area contributed by atoms with Gasteiger partial charge >= 0.3 is 0 Å². The molecule has 0 unspecified atom stereocenters. The van der Waals surface area contributed by atoms with Crippen LogP contribution in [0.2, 0.25) is 0 Å². The third-order valence-electron chi connectivity index (χ3n) is 27.7. The summed E-state index contributed by atoms with van der Waals surface area (Å²) in [6, 6.07) is 72.0. The van der Waals surface area contributed by atoms with Gasteiger partial charge in [0.2, 0.25) is 28.5 Å². The zero-order valence-corrected chi connectivity index (χ0v) is 79.7. The lowest BCUT2D eigenvalue weighted by molar-refractivity contribution is -0.660. The first-order valence-corrected chi connectivity index (χ1v) is 46.8. The quantitative estimate of drug-likeness (QED) is 0.127. The summed E-state index contributed by atoms with van der Waals surface area (Å²) in [4.78, 5) is 23.3. The fourth-order valence-corrected chi connectivity index (χ4v) is 20.9. The van der Waals surface area contributed by atoms with Gasteiger partial charge in [0.25, 0.3) is 0 Å². The molecule has 662 valence electrons. The van der Waals surface area contributed by atoms with Gasteiger partial charge < -0.3 is 22.8 Å². The van der Waals surface area contributed by atoms with Crippen LogP contribution in [0.5, 0.6) is 0 Å². The molecule has 0 saturated heterocycles. The summed E-state index contributed by atoms with van der Waals surface area (Å²) >= 11 is 0. The van der Waals surface area contributed by atoms with Gasteiger partial charge in [0.1, 0.15) is 64.4 Å². The van der Waals surface area contributed by atoms with E-state index in [4.69, 9.17) is 6.85 Å². The first-order chi connectivity index (χ1) is 66.2. The Hall–Kier alpha value is -14.4. The molecular weight excluding hydrogens is 1630 g/mol. The molecule has 1 aliphatic carbocycles. The molecule has 0 amide bonds. The maximum atomic E-state index is 8.91. The summed E-state index contributed by atoms with van der Waals surface area (Å²) in [5.41, 5.74) is 47.1. The molecule has 6 aliphatic rings. The Bertz CT molecular complexity index is 7680. The van der Waals surface area contributed by atoms with E-state index >= 15 is 0 Å². The number of nitrogens with zero attached hydrogens (tertiary/aromatic N) is 15. The Morgan fingerprint density at radius 3 is 0.925 bits per heavy atom. The molecule has 15 nitrogen and oxygen atoms in total. The molecule has 133 heavy (non-hydrogen) atoms. The van der Waals surface area contributed by atoms with Crippen LogP contribution in [0.15, 0.2) is 262 Å². The van der Waals surface area contributed by atoms with Crippen molar-refractivity contribution in [1.82, 2.24) is 47.8 Å². The van der Waals surface area contributed by atoms with Gasteiger partial charge in [0.15, 0.2) is 31.0 Å². The minimum atomic E-state index is -2.10. The molecular formula is C118H120N15+5. The highest BCUT2D eigenvalue weighted by molar-refractivity contribution is 5.78. The van der Waals surface area contributed by atoms with Gasteiger partial charge in [-0.05, 0) is 233 Å². The normalized spacial score (nSPS) is 13.8. The maximum Gasteiger partial charge on any atom is 0.213 e. The fourth-order valence-electron chi connectivity index (χ4n) is 20.9. The Balaban J connectivity index is 0.000000106. The number of fused-ring (bicyclic) bond motifs is 15. The highest BCUT2D eigenvalue weighted by Gasteiger charge is 2.32. The molecule has 15 heteroatoms. The monoisotopic (exact) mass is 1750 g/mol. The van der Waals surface area contributed by atoms with E-state index in [0.29, 0.717) is 5.56 Å². The highest BCUT2D eigenvalue weighted by Crippen LogP contribution is 2.42. The second kappa shape index (κ2) is 35.4. The average molecular weight is 1750 g/mol. The van der Waals surface area contributed by atoms with Crippen molar-refractivity contribution in [1.29, 1.82) is 0 Å². The van der Waals surface area contributed by atoms with Gasteiger partial charge in [0.05, 0.1) is 84.7 Å². The van der Waals surface area contributed by atoms with Crippen molar-refractivity contribution in [3.05, 3.63) is 398 Å². The van der Waals surface area contributed by atoms with Crippen LogP contribution >= 0.6 is 0 Å². The third kappa shape index (κ3) is 16.9. The molecule has 8 aromatic carbocycles. The summed E-state index contributed by atoms with van der Waals surface area (Å²) in [5, 5.41) is 0. The Morgan fingerprint density at radius 1 is 0.286 bits per heavy atom. The van der Waals surface area contributed by atoms with Gasteiger partial charge in [-0.1, -0.05) is 153 Å². The van der Waals surface area contributed by atoms with Crippen molar-refractivity contribution in [2.45, 2.75) is 161 Å². The van der Waals surface area contributed by atoms with Crippen LogP contribution in [0, 0.1) is 95.9 Å². The summed E-state index contributed by atoms with van der Waals surface area (Å²) in [5.74, 6) is 5.72. The molecule has 24 rings (SSSR count). The predicted octanol–water partition coefficient (Wildman–Crippen LogP) is 22.5. The Labute approximate surface area is 790 Å². The van der Waals surface area contributed by atoms with E-state index in [-0.39, 0.29) is 5.92 Å². The maximum absolute atomic E-state index is 8.91. The van der Waals surface area contributed by atoms with Crippen molar-refractivity contribution < 1.29 is 29.7 Å². The molecule has 1 saturated carbocycles. The summed E-state index contributed by atoms with van der Waals surface area (Å²) in [6.45, 7) is 23.1. The van der Waals surface area contributed by atoms with Crippen LogP contribution in [0.4, 0.5) is 0 Å². The first-order valence-electron chi connectivity index (χ1n) is 49.3. The number of benzene rings is 8. The van der Waals surface area contributed by atoms with Crippen molar-refractivity contribution in [2.24, 2.45) is 41.2 Å². The lowest BCUT2D eigenvalue weighted by atomic mass is 9.85. The van der Waals surface area contributed by atoms with Gasteiger partial charge in [-0.2, -0.15) is 0 Å². The minimum absolute atomic E-state index is 0.115. The van der Waals surface area contributed by atoms with E-state index in [1.54, 1.807) is 6.20 Å². The standard InChI is InChI=1S/C25H24N3.C25H30N3.2C24H22N3.C20H22N3/c1-16-10-20-11-25-26-18(3)15-28(25)23(20)13-22(16)24-12-21(17(2)14-27(24)4)19-8-6-5-7-9-19;1-17-11-21-14-25-26-18(2)16-28(25)23(21)15-22(17)24-13-20(9-10-27(24)3)12-19-7-5-4-6-8-19;2*1-16-11-20-13-24-25-17(2)15-27(24)22(20)14-21(16)23-12-19(9-10-26(23)3)18-7-5-4-6-8-18;1-12-7-19(22(5)10-14(12)3)17-9-18-16(6-13(17)2)8-20-21-15(4)11-23(18)20/h5-10,12-15H,11H2,1-4H3;9-11,13,15-16,19H,4-8,12,14H2,1-3H3;2*4-12,14-15H,13H2,1-3H3;6-7,9-11H,8H2,1-5H3/q5*+1/i;12D2;;;3D3. The molecule has 0 N–H and O–H groups in total. The fraction of sp³-hybridized carbons (Fsp3) is 0.254. The van der Waals surface area contributed by atoms with E-state index in [1.165, 1.54) is 163 Å². The van der Waals surface area contributed by atoms with E-state index in [0.717, 1.165) is 149 Å². The predicted molar refractivity (Wildman–Crippen MR) is 533 cm³/mol. The number of pyridine rings is 5. The molecule has 0 radical (unpaired) electrons. The van der Waals surface area contributed by atoms with E-state index in [2.05, 4.69) is 394 Å². The zero-order valence-electron chi connectivity index (χ0n) is 84.7. The van der Waals surface area contributed by atoms with Crippen LogP contribution in [0.25, 0.3) is 118 Å². The smallest absolute Gasteiger partial charge is 0.213 e. The van der Waals surface area contributed by atoms with Crippen molar-refractivity contribution in [3.63, 3.8) is 0 Å². The molecule has 0 bridgehead atoms. The number of hydrogen-bond donors (Lipinski definition) is 0. The van der Waals surface area contributed by atoms with Gasteiger partial charge in [-0.3, -0.25) is 0 Å². The van der Waals surface area contributed by atoms with Gasteiger partial charge in [0, 0.05) is 130 Å². The molecule has 0 spiro atoms. The van der Waals surface area contributed by atoms with Crippen LogP contribution in [0.1, 0.15) is 174 Å². The number of hydrogen-bond acceptors (Lipinski definition) is 5. The molecule has 15 heterocycles. The molecule has 18 aromatic rings. The average Bonchev–Trinajstić information content (AvgIpc) is 1.66. The van der Waals surface area contributed by atoms with Gasteiger partial charge in [-0.25, -0.2) is 47.8 Å². The number of aryl methyl sites for hydroxylation is 18.